The number of nitrogens with zero attached hydrogens (tertiary/aromatic N) is 4. The predicted octanol–water partition coefficient (Wildman–Crippen LogP) is 4.67. The number of benzene rings is 2. The zero-order valence-electron chi connectivity index (χ0n) is 14.0. The molecule has 132 valence electrons. The van der Waals surface area contributed by atoms with Gasteiger partial charge in [0.05, 0.1) is 12.1 Å². The summed E-state index contributed by atoms with van der Waals surface area (Å²) in [6.45, 7) is 1.54. The van der Waals surface area contributed by atoms with Crippen LogP contribution in [-0.2, 0) is 4.79 Å². The van der Waals surface area contributed by atoms with Gasteiger partial charge in [-0.3, -0.25) is 9.69 Å². The van der Waals surface area contributed by atoms with Gasteiger partial charge in [-0.25, -0.2) is 4.68 Å². The number of anilines is 1. The molecule has 2 aromatic carbocycles. The molecule has 4 rings (SSSR count). The lowest BCUT2D eigenvalue weighted by Crippen LogP contribution is -2.41. The summed E-state index contributed by atoms with van der Waals surface area (Å²) >= 11 is 12.5. The molecule has 0 radical (unpaired) electrons. The van der Waals surface area contributed by atoms with Crippen LogP contribution in [0.3, 0.4) is 0 Å². The molecule has 0 saturated heterocycles. The van der Waals surface area contributed by atoms with Crippen LogP contribution in [0.5, 0.6) is 0 Å². The van der Waals surface area contributed by atoms with Crippen LogP contribution in [0.25, 0.3) is 0 Å². The highest BCUT2D eigenvalue weighted by atomic mass is 35.5. The first kappa shape index (κ1) is 17.1. The quantitative estimate of drug-likeness (QED) is 0.642. The SMILES string of the molecule is CC(=O)N1c2ncnn2C(c2ccccc2Cl)CC1c1ccc(Cl)cc1. The second kappa shape index (κ2) is 6.74. The Bertz CT molecular complexity index is 954. The van der Waals surface area contributed by atoms with E-state index in [0.717, 1.165) is 11.1 Å². The second-order valence-electron chi connectivity index (χ2n) is 6.23. The first-order chi connectivity index (χ1) is 12.6. The first-order valence-electron chi connectivity index (χ1n) is 8.25. The average molecular weight is 387 g/mol. The molecular weight excluding hydrogens is 371 g/mol. The van der Waals surface area contributed by atoms with Gasteiger partial charge in [0.25, 0.3) is 0 Å². The summed E-state index contributed by atoms with van der Waals surface area (Å²) in [5.41, 5.74) is 1.96. The van der Waals surface area contributed by atoms with Crippen molar-refractivity contribution in [1.29, 1.82) is 0 Å². The maximum atomic E-state index is 12.4. The highest BCUT2D eigenvalue weighted by Gasteiger charge is 2.38. The lowest BCUT2D eigenvalue weighted by molar-refractivity contribution is -0.117. The van der Waals surface area contributed by atoms with Gasteiger partial charge < -0.3 is 0 Å². The van der Waals surface area contributed by atoms with Gasteiger partial charge >= 0.3 is 0 Å². The van der Waals surface area contributed by atoms with Crippen molar-refractivity contribution in [1.82, 2.24) is 14.8 Å². The van der Waals surface area contributed by atoms with Crippen molar-refractivity contribution in [2.45, 2.75) is 25.4 Å². The van der Waals surface area contributed by atoms with Crippen molar-refractivity contribution in [3.63, 3.8) is 0 Å². The van der Waals surface area contributed by atoms with Gasteiger partial charge in [-0.05, 0) is 35.7 Å². The van der Waals surface area contributed by atoms with E-state index in [1.54, 1.807) is 9.58 Å². The lowest BCUT2D eigenvalue weighted by atomic mass is 9.92. The highest BCUT2D eigenvalue weighted by Crippen LogP contribution is 2.43. The fraction of sp³-hybridized carbons (Fsp3) is 0.211. The third-order valence-electron chi connectivity index (χ3n) is 4.68. The normalized spacial score (nSPS) is 19.3. The molecule has 1 aliphatic rings. The van der Waals surface area contributed by atoms with Gasteiger partial charge in [0.2, 0.25) is 11.9 Å². The Morgan fingerprint density at radius 3 is 2.50 bits per heavy atom. The molecule has 0 saturated carbocycles. The van der Waals surface area contributed by atoms with Gasteiger partial charge in [0.15, 0.2) is 0 Å². The fourth-order valence-corrected chi connectivity index (χ4v) is 3.91. The molecule has 5 nitrogen and oxygen atoms in total. The van der Waals surface area contributed by atoms with Gasteiger partial charge in [0.1, 0.15) is 6.33 Å². The Balaban J connectivity index is 1.86. The molecule has 26 heavy (non-hydrogen) atoms. The number of fused-ring (bicyclic) bond motifs is 1. The molecule has 2 heterocycles. The molecule has 2 unspecified atom stereocenters. The van der Waals surface area contributed by atoms with Crippen LogP contribution in [0.4, 0.5) is 5.95 Å². The van der Waals surface area contributed by atoms with E-state index in [9.17, 15) is 4.79 Å². The summed E-state index contributed by atoms with van der Waals surface area (Å²) in [6, 6.07) is 15.0. The molecule has 3 aromatic rings. The number of hydrogen-bond donors (Lipinski definition) is 0. The van der Waals surface area contributed by atoms with Crippen molar-refractivity contribution < 1.29 is 4.79 Å². The molecule has 0 N–H and O–H groups in total. The minimum absolute atomic E-state index is 0.0863. The maximum absolute atomic E-state index is 12.4. The van der Waals surface area contributed by atoms with E-state index in [0.29, 0.717) is 22.4 Å². The summed E-state index contributed by atoms with van der Waals surface area (Å²) in [5.74, 6) is 0.436. The van der Waals surface area contributed by atoms with Crippen LogP contribution in [0.2, 0.25) is 10.0 Å². The van der Waals surface area contributed by atoms with E-state index in [1.807, 2.05) is 48.5 Å². The van der Waals surface area contributed by atoms with Crippen molar-refractivity contribution in [2.75, 3.05) is 4.90 Å². The Morgan fingerprint density at radius 1 is 1.08 bits per heavy atom. The third kappa shape index (κ3) is 2.87. The molecule has 1 aromatic heterocycles. The number of carbonyl (C=O) groups excluding carboxylic acids is 1. The van der Waals surface area contributed by atoms with E-state index in [2.05, 4.69) is 10.1 Å². The number of hydrogen-bond acceptors (Lipinski definition) is 3. The van der Waals surface area contributed by atoms with Crippen LogP contribution in [0, 0.1) is 0 Å². The molecule has 0 spiro atoms. The lowest BCUT2D eigenvalue weighted by Gasteiger charge is -2.38. The zero-order valence-corrected chi connectivity index (χ0v) is 15.5. The fourth-order valence-electron chi connectivity index (χ4n) is 3.53. The Morgan fingerprint density at radius 2 is 1.81 bits per heavy atom. The van der Waals surface area contributed by atoms with Gasteiger partial charge in [-0.2, -0.15) is 10.1 Å². The van der Waals surface area contributed by atoms with E-state index < -0.39 is 0 Å². The van der Waals surface area contributed by atoms with E-state index in [1.165, 1.54) is 13.3 Å². The van der Waals surface area contributed by atoms with Crippen LogP contribution < -0.4 is 4.90 Å². The van der Waals surface area contributed by atoms with Crippen LogP contribution in [0.15, 0.2) is 54.9 Å². The monoisotopic (exact) mass is 386 g/mol. The Kier molecular flexibility index (Phi) is 4.42. The number of rotatable bonds is 2. The third-order valence-corrected chi connectivity index (χ3v) is 5.28. The van der Waals surface area contributed by atoms with Crippen LogP contribution in [-0.4, -0.2) is 20.7 Å². The largest absolute Gasteiger partial charge is 0.275 e. The number of amides is 1. The maximum Gasteiger partial charge on any atom is 0.231 e. The summed E-state index contributed by atoms with van der Waals surface area (Å²) in [5, 5.41) is 5.69. The Hall–Kier alpha value is -2.37. The van der Waals surface area contributed by atoms with Crippen molar-refractivity contribution in [3.8, 4) is 0 Å². The van der Waals surface area contributed by atoms with Gasteiger partial charge in [-0.15, -0.1) is 0 Å². The topological polar surface area (TPSA) is 51.0 Å². The smallest absolute Gasteiger partial charge is 0.231 e. The van der Waals surface area contributed by atoms with Crippen molar-refractivity contribution in [2.24, 2.45) is 0 Å². The molecular formula is C19H16Cl2N4O. The van der Waals surface area contributed by atoms with Gasteiger partial charge in [0, 0.05) is 17.0 Å². The van der Waals surface area contributed by atoms with Crippen LogP contribution >= 0.6 is 23.2 Å². The summed E-state index contributed by atoms with van der Waals surface area (Å²) < 4.78 is 1.77. The van der Waals surface area contributed by atoms with Crippen molar-refractivity contribution >= 4 is 35.1 Å². The molecule has 7 heteroatoms. The van der Waals surface area contributed by atoms with E-state index in [4.69, 9.17) is 23.2 Å². The summed E-state index contributed by atoms with van der Waals surface area (Å²) in [4.78, 5) is 18.4. The van der Waals surface area contributed by atoms with Crippen molar-refractivity contribution in [3.05, 3.63) is 76.0 Å². The van der Waals surface area contributed by atoms with E-state index in [-0.39, 0.29) is 18.0 Å². The van der Waals surface area contributed by atoms with E-state index >= 15 is 0 Å². The molecule has 0 fully saturated rings. The minimum Gasteiger partial charge on any atom is -0.275 e. The zero-order chi connectivity index (χ0) is 18.3. The molecule has 1 aliphatic heterocycles. The standard InChI is InChI=1S/C19H16Cl2N4O/c1-12(26)24-17(13-6-8-14(20)9-7-13)10-18(25-19(24)22-11-23-25)15-4-2-3-5-16(15)21/h2-9,11,17-18H,10H2,1H3. The average Bonchev–Trinajstić information content (AvgIpc) is 3.11. The molecule has 0 aliphatic carbocycles. The molecule has 1 amide bonds. The first-order valence-corrected chi connectivity index (χ1v) is 9.01. The minimum atomic E-state index is -0.178. The Labute approximate surface area is 161 Å². The van der Waals surface area contributed by atoms with Gasteiger partial charge in [-0.1, -0.05) is 53.5 Å². The number of halogens is 2. The van der Waals surface area contributed by atoms with Crippen LogP contribution in [0.1, 0.15) is 36.6 Å². The summed E-state index contributed by atoms with van der Waals surface area (Å²) in [7, 11) is 0. The summed E-state index contributed by atoms with van der Waals surface area (Å²) in [6.07, 6.45) is 2.11. The second-order valence-corrected chi connectivity index (χ2v) is 7.08. The number of carbonyl (C=O) groups is 1. The predicted molar refractivity (Wildman–Crippen MR) is 102 cm³/mol. The number of aromatic nitrogens is 3. The molecule has 0 bridgehead atoms. The molecule has 2 atom stereocenters. The highest BCUT2D eigenvalue weighted by molar-refractivity contribution is 6.31.